The summed E-state index contributed by atoms with van der Waals surface area (Å²) in [7, 11) is -5.59. The Bertz CT molecular complexity index is 1530. The van der Waals surface area contributed by atoms with Crippen molar-refractivity contribution in [2.24, 2.45) is 0 Å². The van der Waals surface area contributed by atoms with Crippen molar-refractivity contribution in [1.82, 2.24) is 5.32 Å². The van der Waals surface area contributed by atoms with Crippen LogP contribution in [0.25, 0.3) is 0 Å². The lowest BCUT2D eigenvalue weighted by Crippen LogP contribution is -2.70. The summed E-state index contributed by atoms with van der Waals surface area (Å²) in [5.41, 5.74) is -4.35. The molecule has 1 aliphatic heterocycles. The molecule has 4 rings (SSSR count). The third-order valence-electron chi connectivity index (χ3n) is 6.14. The molecule has 0 bridgehead atoms. The van der Waals surface area contributed by atoms with Crippen LogP contribution in [0.15, 0.2) is 89.8 Å². The van der Waals surface area contributed by atoms with Crippen LogP contribution in [0, 0.1) is 10.1 Å². The number of nitro groups is 1. The molecule has 2 atom stereocenters. The smallest absolute Gasteiger partial charge is 0.444 e. The van der Waals surface area contributed by atoms with E-state index in [0.717, 1.165) is 17.0 Å². The number of carbonyl (C=O) groups excluding carboxylic acids is 2. The third kappa shape index (κ3) is 4.50. The van der Waals surface area contributed by atoms with Crippen molar-refractivity contribution in [3.63, 3.8) is 0 Å². The van der Waals surface area contributed by atoms with Gasteiger partial charge in [0.05, 0.1) is 22.1 Å². The van der Waals surface area contributed by atoms with Crippen molar-refractivity contribution in [3.05, 3.63) is 106 Å². The number of alkyl halides is 1. The number of carbonyl (C=O) groups is 2. The lowest BCUT2D eigenvalue weighted by atomic mass is 9.89. The number of amides is 2. The summed E-state index contributed by atoms with van der Waals surface area (Å²) >= 11 is 0. The Balaban J connectivity index is 2.03. The molecule has 2 amide bonds. The summed E-state index contributed by atoms with van der Waals surface area (Å²) < 4.78 is 50.2. The SMILES string of the molecule is CC(C)(C)OC(=O)N[C@]1([C@](F)([N+](=O)[O-])S(=O)(=O)c2ccccc2)C(=O)N(Cc2ccccc2)c2ccccc21. The van der Waals surface area contributed by atoms with Crippen LogP contribution < -0.4 is 10.2 Å². The van der Waals surface area contributed by atoms with Crippen LogP contribution in [0.5, 0.6) is 0 Å². The number of hydrogen-bond donors (Lipinski definition) is 1. The second-order valence-electron chi connectivity index (χ2n) is 9.91. The molecule has 0 unspecified atom stereocenters. The van der Waals surface area contributed by atoms with Crippen LogP contribution >= 0.6 is 0 Å². The van der Waals surface area contributed by atoms with E-state index in [1.54, 1.807) is 30.3 Å². The fourth-order valence-electron chi connectivity index (χ4n) is 4.52. The zero-order valence-corrected chi connectivity index (χ0v) is 22.1. The summed E-state index contributed by atoms with van der Waals surface area (Å²) in [5.74, 6) is -1.35. The molecule has 0 aliphatic carbocycles. The maximum atomic E-state index is 17.4. The highest BCUT2D eigenvalue weighted by Crippen LogP contribution is 2.52. The van der Waals surface area contributed by atoms with Crippen molar-refractivity contribution in [3.8, 4) is 0 Å². The highest BCUT2D eigenvalue weighted by molar-refractivity contribution is 7.92. The number of halogens is 1. The maximum Gasteiger partial charge on any atom is 0.499 e. The summed E-state index contributed by atoms with van der Waals surface area (Å²) in [6.07, 6.45) is -1.42. The normalized spacial score (nSPS) is 18.7. The highest BCUT2D eigenvalue weighted by atomic mass is 32.2. The molecule has 39 heavy (non-hydrogen) atoms. The molecule has 1 N–H and O–H groups in total. The number of anilines is 1. The molecule has 0 saturated heterocycles. The van der Waals surface area contributed by atoms with Gasteiger partial charge >= 0.3 is 11.2 Å². The minimum Gasteiger partial charge on any atom is -0.444 e. The van der Waals surface area contributed by atoms with E-state index >= 15 is 4.39 Å². The minimum absolute atomic E-state index is 0.00505. The number of para-hydroxylation sites is 1. The van der Waals surface area contributed by atoms with Gasteiger partial charge in [-0.05, 0) is 44.5 Å². The first kappa shape index (κ1) is 27.7. The van der Waals surface area contributed by atoms with E-state index in [-0.39, 0.29) is 12.2 Å². The number of rotatable bonds is 7. The van der Waals surface area contributed by atoms with E-state index in [0.29, 0.717) is 5.56 Å². The Labute approximate surface area is 224 Å². The molecule has 204 valence electrons. The van der Waals surface area contributed by atoms with Gasteiger partial charge in [-0.15, -0.1) is 4.39 Å². The molecule has 10 nitrogen and oxygen atoms in total. The van der Waals surface area contributed by atoms with Gasteiger partial charge in [0.2, 0.25) is 0 Å². The largest absolute Gasteiger partial charge is 0.499 e. The second kappa shape index (κ2) is 9.77. The zero-order chi connectivity index (χ0) is 28.6. The standard InChI is InChI=1S/C27H26FN3O7S/c1-25(2,3)38-24(33)29-26(27(28,31(34)35)39(36,37)20-14-8-5-9-15-20)21-16-10-11-17-22(21)30(23(26)32)18-19-12-6-4-7-13-19/h4-17H,18H2,1-3H3,(H,29,33)/t26-,27-/m0/s1. The summed E-state index contributed by atoms with van der Waals surface area (Å²) in [4.78, 5) is 38.5. The van der Waals surface area contributed by atoms with Crippen LogP contribution in [-0.2, 0) is 31.5 Å². The molecule has 1 aliphatic rings. The topological polar surface area (TPSA) is 136 Å². The summed E-state index contributed by atoms with van der Waals surface area (Å²) in [5, 5.41) is 10.0. The lowest BCUT2D eigenvalue weighted by molar-refractivity contribution is -0.585. The first-order valence-electron chi connectivity index (χ1n) is 11.9. The molecule has 1 heterocycles. The third-order valence-corrected chi connectivity index (χ3v) is 8.20. The molecule has 3 aromatic rings. The number of fused-ring (bicyclic) bond motifs is 1. The average molecular weight is 556 g/mol. The van der Waals surface area contributed by atoms with Crippen molar-refractivity contribution in [2.45, 2.75) is 48.5 Å². The quantitative estimate of drug-likeness (QED) is 0.260. The monoisotopic (exact) mass is 555 g/mol. The van der Waals surface area contributed by atoms with Gasteiger partial charge in [-0.25, -0.2) is 13.2 Å². The Morgan fingerprint density at radius 1 is 1.00 bits per heavy atom. The van der Waals surface area contributed by atoms with Crippen LogP contribution in [0.2, 0.25) is 0 Å². The van der Waals surface area contributed by atoms with Gasteiger partial charge < -0.3 is 9.64 Å². The maximum absolute atomic E-state index is 17.4. The van der Waals surface area contributed by atoms with Crippen LogP contribution in [0.4, 0.5) is 14.9 Å². The van der Waals surface area contributed by atoms with E-state index in [1.165, 1.54) is 63.2 Å². The van der Waals surface area contributed by atoms with Crippen molar-refractivity contribution in [2.75, 3.05) is 4.90 Å². The van der Waals surface area contributed by atoms with Crippen LogP contribution in [0.3, 0.4) is 0 Å². The van der Waals surface area contributed by atoms with Gasteiger partial charge in [0.15, 0.2) is 0 Å². The van der Waals surface area contributed by atoms with E-state index in [9.17, 15) is 28.1 Å². The molecule has 0 fully saturated rings. The van der Waals surface area contributed by atoms with Gasteiger partial charge in [0, 0.05) is 5.56 Å². The zero-order valence-electron chi connectivity index (χ0n) is 21.3. The molecule has 0 radical (unpaired) electrons. The Morgan fingerprint density at radius 2 is 1.54 bits per heavy atom. The molecule has 0 spiro atoms. The number of sulfone groups is 1. The molecule has 12 heteroatoms. The molecule has 3 aromatic carbocycles. The first-order chi connectivity index (χ1) is 18.3. The van der Waals surface area contributed by atoms with Crippen LogP contribution in [-0.4, -0.2) is 36.1 Å². The number of benzene rings is 3. The Kier molecular flexibility index (Phi) is 6.94. The number of ether oxygens (including phenoxy) is 1. The fourth-order valence-corrected chi connectivity index (χ4v) is 6.20. The molecule has 0 saturated carbocycles. The van der Waals surface area contributed by atoms with Gasteiger partial charge in [0.1, 0.15) is 5.60 Å². The number of nitrogens with zero attached hydrogens (tertiary/aromatic N) is 2. The van der Waals surface area contributed by atoms with E-state index in [1.807, 2.05) is 5.32 Å². The lowest BCUT2D eigenvalue weighted by Gasteiger charge is -2.35. The molecular formula is C27H26FN3O7S. The van der Waals surface area contributed by atoms with Crippen molar-refractivity contribution in [1.29, 1.82) is 0 Å². The molecular weight excluding hydrogens is 529 g/mol. The summed E-state index contributed by atoms with van der Waals surface area (Å²) in [6.45, 7) is 4.28. The number of alkyl carbamates (subject to hydrolysis) is 1. The predicted molar refractivity (Wildman–Crippen MR) is 140 cm³/mol. The van der Waals surface area contributed by atoms with Crippen molar-refractivity contribution < 1.29 is 32.1 Å². The average Bonchev–Trinajstić information content (AvgIpc) is 3.11. The van der Waals surface area contributed by atoms with Gasteiger partial charge in [-0.3, -0.25) is 20.2 Å². The second-order valence-corrected chi connectivity index (χ2v) is 11.9. The van der Waals surface area contributed by atoms with Gasteiger partial charge in [-0.1, -0.05) is 66.7 Å². The number of nitrogens with one attached hydrogen (secondary N) is 1. The fraction of sp³-hybridized carbons (Fsp3) is 0.259. The number of hydrogen-bond acceptors (Lipinski definition) is 7. The minimum atomic E-state index is -5.59. The first-order valence-corrected chi connectivity index (χ1v) is 13.3. The Hall–Kier alpha value is -4.32. The predicted octanol–water partition coefficient (Wildman–Crippen LogP) is 4.33. The van der Waals surface area contributed by atoms with Crippen LogP contribution in [0.1, 0.15) is 31.9 Å². The Morgan fingerprint density at radius 3 is 2.10 bits per heavy atom. The van der Waals surface area contributed by atoms with Gasteiger partial charge in [0.25, 0.3) is 21.3 Å². The van der Waals surface area contributed by atoms with E-state index < -0.39 is 53.5 Å². The van der Waals surface area contributed by atoms with E-state index in [4.69, 9.17) is 4.74 Å². The summed E-state index contributed by atoms with van der Waals surface area (Å²) in [6, 6.07) is 19.8. The van der Waals surface area contributed by atoms with E-state index in [2.05, 4.69) is 0 Å². The highest BCUT2D eigenvalue weighted by Gasteiger charge is 2.81. The van der Waals surface area contributed by atoms with Gasteiger partial charge in [-0.2, -0.15) is 0 Å². The molecule has 0 aromatic heterocycles. The van der Waals surface area contributed by atoms with Crippen molar-refractivity contribution >= 4 is 27.5 Å².